The smallest absolute Gasteiger partial charge is 0.166 e. The Morgan fingerprint density at radius 1 is 1.31 bits per heavy atom. The summed E-state index contributed by atoms with van der Waals surface area (Å²) in [4.78, 5) is 20.3. The lowest BCUT2D eigenvalue weighted by Gasteiger charge is -2.13. The zero-order valence-electron chi connectivity index (χ0n) is 8.64. The van der Waals surface area contributed by atoms with Gasteiger partial charge in [0.05, 0.1) is 11.3 Å². The molecule has 0 fully saturated rings. The van der Waals surface area contributed by atoms with Crippen molar-refractivity contribution in [2.75, 3.05) is 0 Å². The molecule has 3 nitrogen and oxygen atoms in total. The summed E-state index contributed by atoms with van der Waals surface area (Å²) in [5.41, 5.74) is 2.66. The van der Waals surface area contributed by atoms with Crippen LogP contribution in [0.1, 0.15) is 28.9 Å². The number of hydrogen-bond donors (Lipinski definition) is 0. The second-order valence-corrected chi connectivity index (χ2v) is 4.62. The molecule has 0 atom stereocenters. The molecule has 1 aliphatic carbocycles. The molecule has 3 rings (SSSR count). The van der Waals surface area contributed by atoms with Gasteiger partial charge in [0.1, 0.15) is 0 Å². The lowest BCUT2D eigenvalue weighted by atomic mass is 9.96. The van der Waals surface area contributed by atoms with Crippen molar-refractivity contribution < 1.29 is 4.79 Å². The molecule has 0 spiro atoms. The van der Waals surface area contributed by atoms with Crippen molar-refractivity contribution in [3.8, 4) is 11.4 Å². The first-order valence-electron chi connectivity index (χ1n) is 5.26. The number of ketones is 1. The Morgan fingerprint density at radius 3 is 3.06 bits per heavy atom. The number of rotatable bonds is 1. The normalized spacial score (nSPS) is 14.9. The first kappa shape index (κ1) is 9.66. The molecule has 0 aliphatic heterocycles. The zero-order chi connectivity index (χ0) is 11.0. The van der Waals surface area contributed by atoms with Gasteiger partial charge in [0.15, 0.2) is 11.6 Å². The maximum Gasteiger partial charge on any atom is 0.166 e. The van der Waals surface area contributed by atoms with E-state index in [0.717, 1.165) is 29.9 Å². The highest BCUT2D eigenvalue weighted by atomic mass is 32.1. The van der Waals surface area contributed by atoms with Crippen LogP contribution in [0.25, 0.3) is 11.4 Å². The summed E-state index contributed by atoms with van der Waals surface area (Å²) in [6.45, 7) is 0. The van der Waals surface area contributed by atoms with E-state index in [0.29, 0.717) is 12.0 Å². The highest BCUT2D eigenvalue weighted by Gasteiger charge is 2.19. The van der Waals surface area contributed by atoms with Gasteiger partial charge in [0.25, 0.3) is 0 Å². The van der Waals surface area contributed by atoms with Crippen molar-refractivity contribution in [2.45, 2.75) is 19.3 Å². The van der Waals surface area contributed by atoms with Gasteiger partial charge in [-0.15, -0.1) is 0 Å². The van der Waals surface area contributed by atoms with Crippen LogP contribution in [0.3, 0.4) is 0 Å². The SMILES string of the molecule is O=C1CCCc2nc(-c3ccsc3)ncc21. The van der Waals surface area contributed by atoms with E-state index in [-0.39, 0.29) is 5.78 Å². The number of carbonyl (C=O) groups is 1. The van der Waals surface area contributed by atoms with Crippen molar-refractivity contribution in [3.63, 3.8) is 0 Å². The lowest BCUT2D eigenvalue weighted by Crippen LogP contribution is -2.13. The zero-order valence-corrected chi connectivity index (χ0v) is 9.46. The fraction of sp³-hybridized carbons (Fsp3) is 0.250. The number of aryl methyl sites for hydroxylation is 1. The Kier molecular flexibility index (Phi) is 2.29. The summed E-state index contributed by atoms with van der Waals surface area (Å²) >= 11 is 1.63. The van der Waals surface area contributed by atoms with E-state index in [9.17, 15) is 4.79 Å². The summed E-state index contributed by atoms with van der Waals surface area (Å²) in [6.07, 6.45) is 4.11. The van der Waals surface area contributed by atoms with Gasteiger partial charge in [0, 0.05) is 23.6 Å². The minimum absolute atomic E-state index is 0.179. The van der Waals surface area contributed by atoms with Gasteiger partial charge in [-0.2, -0.15) is 11.3 Å². The fourth-order valence-corrected chi connectivity index (χ4v) is 2.56. The summed E-state index contributed by atoms with van der Waals surface area (Å²) in [6, 6.07) is 2.00. The quantitative estimate of drug-likeness (QED) is 0.756. The number of aromatic nitrogens is 2. The molecule has 0 unspecified atom stereocenters. The summed E-state index contributed by atoms with van der Waals surface area (Å²) in [5, 5.41) is 4.02. The van der Waals surface area contributed by atoms with E-state index >= 15 is 0 Å². The van der Waals surface area contributed by atoms with Gasteiger partial charge in [-0.3, -0.25) is 4.79 Å². The monoisotopic (exact) mass is 230 g/mol. The number of fused-ring (bicyclic) bond motifs is 1. The van der Waals surface area contributed by atoms with Crippen molar-refractivity contribution in [2.24, 2.45) is 0 Å². The van der Waals surface area contributed by atoms with Gasteiger partial charge in [-0.05, 0) is 24.3 Å². The molecule has 80 valence electrons. The molecule has 0 N–H and O–H groups in total. The number of nitrogens with zero attached hydrogens (tertiary/aromatic N) is 2. The van der Waals surface area contributed by atoms with Crippen LogP contribution in [0.4, 0.5) is 0 Å². The first-order chi connectivity index (χ1) is 7.84. The van der Waals surface area contributed by atoms with E-state index in [1.54, 1.807) is 17.5 Å². The molecule has 0 aromatic carbocycles. The molecule has 0 saturated heterocycles. The Morgan fingerprint density at radius 2 is 2.25 bits per heavy atom. The maximum absolute atomic E-state index is 11.6. The van der Waals surface area contributed by atoms with E-state index in [4.69, 9.17) is 0 Å². The third-order valence-electron chi connectivity index (χ3n) is 2.76. The first-order valence-corrected chi connectivity index (χ1v) is 6.20. The molecule has 2 aromatic heterocycles. The molecule has 0 bridgehead atoms. The predicted molar refractivity (Wildman–Crippen MR) is 62.6 cm³/mol. The summed E-state index contributed by atoms with van der Waals surface area (Å²) in [7, 11) is 0. The number of thiophene rings is 1. The highest BCUT2D eigenvalue weighted by Crippen LogP contribution is 2.23. The predicted octanol–water partition coefficient (Wildman–Crippen LogP) is 2.72. The van der Waals surface area contributed by atoms with E-state index in [1.165, 1.54) is 0 Å². The van der Waals surface area contributed by atoms with Gasteiger partial charge in [0.2, 0.25) is 0 Å². The molecular weight excluding hydrogens is 220 g/mol. The fourth-order valence-electron chi connectivity index (χ4n) is 1.92. The number of carbonyl (C=O) groups excluding carboxylic acids is 1. The second-order valence-electron chi connectivity index (χ2n) is 3.84. The topological polar surface area (TPSA) is 42.9 Å². The Balaban J connectivity index is 2.08. The number of Topliss-reactive ketones (excluding diaryl/α,β-unsaturated/α-hetero) is 1. The van der Waals surface area contributed by atoms with Crippen LogP contribution in [-0.2, 0) is 6.42 Å². The molecule has 0 saturated carbocycles. The average molecular weight is 230 g/mol. The minimum Gasteiger partial charge on any atom is -0.294 e. The Hall–Kier alpha value is -1.55. The Bertz CT molecular complexity index is 534. The summed E-state index contributed by atoms with van der Waals surface area (Å²) in [5.74, 6) is 0.910. The van der Waals surface area contributed by atoms with Crippen LogP contribution < -0.4 is 0 Å². The lowest BCUT2D eigenvalue weighted by molar-refractivity contribution is 0.0971. The molecule has 16 heavy (non-hydrogen) atoms. The molecule has 2 aromatic rings. The third kappa shape index (κ3) is 1.55. The molecule has 4 heteroatoms. The van der Waals surface area contributed by atoms with Crippen LogP contribution in [-0.4, -0.2) is 15.8 Å². The maximum atomic E-state index is 11.6. The number of hydrogen-bond acceptors (Lipinski definition) is 4. The van der Waals surface area contributed by atoms with E-state index < -0.39 is 0 Å². The minimum atomic E-state index is 0.179. The van der Waals surface area contributed by atoms with Crippen molar-refractivity contribution >= 4 is 17.1 Å². The van der Waals surface area contributed by atoms with Gasteiger partial charge >= 0.3 is 0 Å². The van der Waals surface area contributed by atoms with Crippen molar-refractivity contribution in [3.05, 3.63) is 34.3 Å². The Labute approximate surface area is 97.2 Å². The highest BCUT2D eigenvalue weighted by molar-refractivity contribution is 7.08. The van der Waals surface area contributed by atoms with Crippen LogP contribution in [0, 0.1) is 0 Å². The van der Waals surface area contributed by atoms with E-state index in [2.05, 4.69) is 9.97 Å². The average Bonchev–Trinajstić information content (AvgIpc) is 2.82. The standard InChI is InChI=1S/C12H10N2OS/c15-11-3-1-2-10-9(11)6-13-12(14-10)8-4-5-16-7-8/h4-7H,1-3H2. The van der Waals surface area contributed by atoms with Crippen LogP contribution >= 0.6 is 11.3 Å². The largest absolute Gasteiger partial charge is 0.294 e. The molecular formula is C12H10N2OS. The third-order valence-corrected chi connectivity index (χ3v) is 3.45. The molecule has 0 radical (unpaired) electrons. The van der Waals surface area contributed by atoms with Gasteiger partial charge < -0.3 is 0 Å². The summed E-state index contributed by atoms with van der Waals surface area (Å²) < 4.78 is 0. The van der Waals surface area contributed by atoms with Crippen molar-refractivity contribution in [1.29, 1.82) is 0 Å². The van der Waals surface area contributed by atoms with Crippen LogP contribution in [0.15, 0.2) is 23.0 Å². The van der Waals surface area contributed by atoms with Crippen LogP contribution in [0.2, 0.25) is 0 Å². The van der Waals surface area contributed by atoms with Crippen molar-refractivity contribution in [1.82, 2.24) is 9.97 Å². The second kappa shape index (κ2) is 3.79. The van der Waals surface area contributed by atoms with Gasteiger partial charge in [-0.1, -0.05) is 0 Å². The molecule has 0 amide bonds. The molecule has 1 aliphatic rings. The van der Waals surface area contributed by atoms with Gasteiger partial charge in [-0.25, -0.2) is 9.97 Å². The van der Waals surface area contributed by atoms with Crippen LogP contribution in [0.5, 0.6) is 0 Å². The van der Waals surface area contributed by atoms with E-state index in [1.807, 2.05) is 16.8 Å². The molecule has 2 heterocycles.